The van der Waals surface area contributed by atoms with E-state index in [1.165, 1.54) is 18.3 Å². The number of benzene rings is 1. The lowest BCUT2D eigenvalue weighted by Crippen LogP contribution is -2.17. The van der Waals surface area contributed by atoms with E-state index in [4.69, 9.17) is 11.1 Å². The van der Waals surface area contributed by atoms with E-state index in [2.05, 4.69) is 31.7 Å². The van der Waals surface area contributed by atoms with Crippen molar-refractivity contribution in [2.24, 2.45) is 5.84 Å². The van der Waals surface area contributed by atoms with E-state index in [0.717, 1.165) is 0 Å². The number of anilines is 2. The average molecular weight is 350 g/mol. The van der Waals surface area contributed by atoms with Crippen molar-refractivity contribution in [2.45, 2.75) is 0 Å². The molecule has 0 spiro atoms. The van der Waals surface area contributed by atoms with Crippen LogP contribution in [0.4, 0.5) is 15.9 Å². The van der Waals surface area contributed by atoms with Gasteiger partial charge < -0.3 is 10.7 Å². The highest BCUT2D eigenvalue weighted by Gasteiger charge is 2.16. The Balaban J connectivity index is 2.29. The fraction of sp³-hybridized carbons (Fsp3) is 0. The van der Waals surface area contributed by atoms with E-state index in [0.29, 0.717) is 15.7 Å². The lowest BCUT2D eigenvalue weighted by atomic mass is 10.2. The van der Waals surface area contributed by atoms with Gasteiger partial charge in [-0.2, -0.15) is 5.26 Å². The summed E-state index contributed by atoms with van der Waals surface area (Å²) in [7, 11) is 0. The van der Waals surface area contributed by atoms with Crippen molar-refractivity contribution in [1.82, 2.24) is 4.98 Å². The van der Waals surface area contributed by atoms with Crippen LogP contribution < -0.4 is 16.6 Å². The molecule has 0 atom stereocenters. The summed E-state index contributed by atoms with van der Waals surface area (Å²) in [5.74, 6) is 3.38. The second kappa shape index (κ2) is 6.30. The van der Waals surface area contributed by atoms with Crippen molar-refractivity contribution in [3.8, 4) is 6.07 Å². The molecule has 0 aliphatic heterocycles. The molecule has 6 nitrogen and oxygen atoms in total. The minimum absolute atomic E-state index is 0.200. The lowest BCUT2D eigenvalue weighted by molar-refractivity contribution is 0.102. The van der Waals surface area contributed by atoms with Gasteiger partial charge in [0.05, 0.1) is 22.9 Å². The lowest BCUT2D eigenvalue weighted by Gasteiger charge is -2.09. The zero-order valence-electron chi connectivity index (χ0n) is 10.5. The van der Waals surface area contributed by atoms with Crippen molar-refractivity contribution >= 4 is 33.3 Å². The fourth-order valence-corrected chi connectivity index (χ4v) is 2.07. The van der Waals surface area contributed by atoms with Gasteiger partial charge in [0.1, 0.15) is 0 Å². The number of aromatic nitrogens is 1. The van der Waals surface area contributed by atoms with Gasteiger partial charge in [0.25, 0.3) is 5.91 Å². The third-order valence-corrected chi connectivity index (χ3v) is 3.27. The molecule has 21 heavy (non-hydrogen) atoms. The van der Waals surface area contributed by atoms with Crippen LogP contribution in [0, 0.1) is 17.1 Å². The molecule has 2 aromatic rings. The largest absolute Gasteiger partial charge is 0.321 e. The highest BCUT2D eigenvalue weighted by molar-refractivity contribution is 9.10. The molecule has 0 unspecified atom stereocenters. The normalized spacial score (nSPS) is 9.81. The Hall–Kier alpha value is -2.50. The average Bonchev–Trinajstić information content (AvgIpc) is 2.49. The Bertz CT molecular complexity index is 744. The molecule has 0 bridgehead atoms. The van der Waals surface area contributed by atoms with Crippen LogP contribution in [0.1, 0.15) is 15.9 Å². The van der Waals surface area contributed by atoms with Gasteiger partial charge in [-0.05, 0) is 40.2 Å². The molecular weight excluding hydrogens is 341 g/mol. The van der Waals surface area contributed by atoms with E-state index >= 15 is 0 Å². The highest BCUT2D eigenvalue weighted by Crippen LogP contribution is 2.24. The summed E-state index contributed by atoms with van der Waals surface area (Å²) in [5, 5.41) is 11.3. The molecule has 106 valence electrons. The van der Waals surface area contributed by atoms with Crippen molar-refractivity contribution in [3.63, 3.8) is 0 Å². The number of pyridine rings is 1. The second-order valence-electron chi connectivity index (χ2n) is 3.93. The van der Waals surface area contributed by atoms with Crippen LogP contribution in [0.2, 0.25) is 0 Å². The Kier molecular flexibility index (Phi) is 4.47. The van der Waals surface area contributed by atoms with Crippen molar-refractivity contribution in [1.29, 1.82) is 5.26 Å². The number of nitrogen functional groups attached to an aromatic ring is 1. The van der Waals surface area contributed by atoms with Gasteiger partial charge in [0, 0.05) is 10.7 Å². The molecule has 1 amide bonds. The maximum Gasteiger partial charge on any atom is 0.258 e. The number of halogens is 2. The van der Waals surface area contributed by atoms with Gasteiger partial charge >= 0.3 is 0 Å². The quantitative estimate of drug-likeness (QED) is 0.583. The molecular formula is C13H9BrFN5O. The Morgan fingerprint density at radius 1 is 1.43 bits per heavy atom. The summed E-state index contributed by atoms with van der Waals surface area (Å²) in [6.07, 6.45) is 1.26. The maximum atomic E-state index is 13.9. The predicted octanol–water partition coefficient (Wildman–Crippen LogP) is 2.39. The molecule has 0 aliphatic carbocycles. The van der Waals surface area contributed by atoms with Gasteiger partial charge in [-0.25, -0.2) is 15.2 Å². The number of nitrogens with zero attached hydrogens (tertiary/aromatic N) is 2. The number of nitriles is 1. The minimum atomic E-state index is -0.845. The van der Waals surface area contributed by atoms with Crippen molar-refractivity contribution < 1.29 is 9.18 Å². The zero-order chi connectivity index (χ0) is 15.4. The Morgan fingerprint density at radius 3 is 2.81 bits per heavy atom. The minimum Gasteiger partial charge on any atom is -0.321 e. The van der Waals surface area contributed by atoms with Crippen LogP contribution in [0.3, 0.4) is 0 Å². The summed E-state index contributed by atoms with van der Waals surface area (Å²) in [5.41, 5.74) is 2.72. The molecule has 0 radical (unpaired) electrons. The van der Waals surface area contributed by atoms with E-state index < -0.39 is 11.7 Å². The first-order valence-corrected chi connectivity index (χ1v) is 6.48. The monoisotopic (exact) mass is 349 g/mol. The van der Waals surface area contributed by atoms with Crippen LogP contribution in [-0.4, -0.2) is 10.9 Å². The topological polar surface area (TPSA) is 104 Å². The molecule has 0 fully saturated rings. The number of carbonyl (C=O) groups excluding carboxylic acids is 1. The van der Waals surface area contributed by atoms with Crippen LogP contribution in [0.5, 0.6) is 0 Å². The molecule has 1 heterocycles. The van der Waals surface area contributed by atoms with Gasteiger partial charge in [-0.3, -0.25) is 4.79 Å². The molecule has 0 saturated heterocycles. The van der Waals surface area contributed by atoms with Crippen molar-refractivity contribution in [2.75, 3.05) is 10.7 Å². The van der Waals surface area contributed by atoms with Crippen molar-refractivity contribution in [3.05, 3.63) is 51.9 Å². The van der Waals surface area contributed by atoms with E-state index in [1.807, 2.05) is 6.07 Å². The number of hydrazine groups is 1. The SMILES string of the molecule is N#Cc1ccc(NC(=O)c2ccnc(NN)c2F)c(Br)c1. The first-order valence-electron chi connectivity index (χ1n) is 5.69. The third kappa shape index (κ3) is 3.16. The summed E-state index contributed by atoms with van der Waals surface area (Å²) in [6, 6.07) is 7.84. The zero-order valence-corrected chi connectivity index (χ0v) is 12.1. The number of nitrogens with one attached hydrogen (secondary N) is 2. The van der Waals surface area contributed by atoms with Crippen LogP contribution in [-0.2, 0) is 0 Å². The molecule has 2 rings (SSSR count). The first kappa shape index (κ1) is 14.9. The number of carbonyl (C=O) groups is 1. The van der Waals surface area contributed by atoms with Gasteiger partial charge in [0.15, 0.2) is 11.6 Å². The summed E-state index contributed by atoms with van der Waals surface area (Å²) in [6.45, 7) is 0. The van der Waals surface area contributed by atoms with Crippen LogP contribution in [0.15, 0.2) is 34.9 Å². The standard InChI is InChI=1S/C13H9BrFN5O/c14-9-5-7(6-16)1-2-10(9)19-13(21)8-3-4-18-12(20-17)11(8)15/h1-5H,17H2,(H,18,20)(H,19,21). The highest BCUT2D eigenvalue weighted by atomic mass is 79.9. The number of amides is 1. The first-order chi connectivity index (χ1) is 10.1. The fourth-order valence-electron chi connectivity index (χ4n) is 1.60. The summed E-state index contributed by atoms with van der Waals surface area (Å²) in [4.78, 5) is 15.7. The molecule has 0 aliphatic rings. The smallest absolute Gasteiger partial charge is 0.258 e. The van der Waals surface area contributed by atoms with E-state index in [-0.39, 0.29) is 11.4 Å². The predicted molar refractivity (Wildman–Crippen MR) is 78.8 cm³/mol. The second-order valence-corrected chi connectivity index (χ2v) is 4.78. The van der Waals surface area contributed by atoms with Crippen LogP contribution in [0.25, 0.3) is 0 Å². The molecule has 4 N–H and O–H groups in total. The summed E-state index contributed by atoms with van der Waals surface area (Å²) >= 11 is 3.23. The Labute approximate surface area is 127 Å². The Morgan fingerprint density at radius 2 is 2.19 bits per heavy atom. The molecule has 1 aromatic carbocycles. The van der Waals surface area contributed by atoms with Gasteiger partial charge in [0.2, 0.25) is 0 Å². The third-order valence-electron chi connectivity index (χ3n) is 2.62. The number of nitrogens with two attached hydrogens (primary N) is 1. The van der Waals surface area contributed by atoms with Gasteiger partial charge in [-0.15, -0.1) is 0 Å². The van der Waals surface area contributed by atoms with Crippen LogP contribution >= 0.6 is 15.9 Å². The summed E-state index contributed by atoms with van der Waals surface area (Å²) < 4.78 is 14.4. The molecule has 8 heteroatoms. The van der Waals surface area contributed by atoms with E-state index in [1.54, 1.807) is 12.1 Å². The molecule has 1 aromatic heterocycles. The number of hydrogen-bond donors (Lipinski definition) is 3. The van der Waals surface area contributed by atoms with Gasteiger partial charge in [-0.1, -0.05) is 0 Å². The van der Waals surface area contributed by atoms with E-state index in [9.17, 15) is 9.18 Å². The maximum absolute atomic E-state index is 13.9. The number of rotatable bonds is 3. The number of hydrogen-bond acceptors (Lipinski definition) is 5. The molecule has 0 saturated carbocycles.